The lowest BCUT2D eigenvalue weighted by Crippen LogP contribution is -2.44. The topological polar surface area (TPSA) is 98.6 Å². The van der Waals surface area contributed by atoms with Crippen molar-refractivity contribution in [2.24, 2.45) is 0 Å². The molecule has 0 bridgehead atoms. The number of aromatic hydroxyl groups is 1. The fourth-order valence-corrected chi connectivity index (χ4v) is 3.78. The van der Waals surface area contributed by atoms with E-state index in [1.807, 2.05) is 0 Å². The quantitative estimate of drug-likeness (QED) is 0.561. The Hall–Kier alpha value is -3.56. The summed E-state index contributed by atoms with van der Waals surface area (Å²) in [6, 6.07) is 9.66. The number of amides is 1. The molecule has 0 aliphatic carbocycles. The highest BCUT2D eigenvalue weighted by atomic mass is 19.4. The molecule has 0 saturated carbocycles. The van der Waals surface area contributed by atoms with Crippen molar-refractivity contribution in [3.63, 3.8) is 0 Å². The molecule has 0 radical (unpaired) electrons. The van der Waals surface area contributed by atoms with Gasteiger partial charge < -0.3 is 20.4 Å². The SMILES string of the molecule is O=C(O)N1CCCC(Nc2nnc(-c3ccc(C(F)(F)F)cc3O)c3ccccc23)C1. The van der Waals surface area contributed by atoms with Crippen molar-refractivity contribution in [2.45, 2.75) is 25.1 Å². The summed E-state index contributed by atoms with van der Waals surface area (Å²) >= 11 is 0. The number of rotatable bonds is 3. The number of hydrogen-bond acceptors (Lipinski definition) is 5. The molecular weight excluding hydrogens is 413 g/mol. The summed E-state index contributed by atoms with van der Waals surface area (Å²) in [6.07, 6.45) is -4.06. The zero-order valence-corrected chi connectivity index (χ0v) is 16.2. The second-order valence-electron chi connectivity index (χ2n) is 7.38. The first-order valence-electron chi connectivity index (χ1n) is 9.64. The number of nitrogens with zero attached hydrogens (tertiary/aromatic N) is 3. The largest absolute Gasteiger partial charge is 0.507 e. The lowest BCUT2D eigenvalue weighted by Gasteiger charge is -2.31. The number of phenols is 1. The van der Waals surface area contributed by atoms with Gasteiger partial charge in [-0.1, -0.05) is 24.3 Å². The zero-order chi connectivity index (χ0) is 22.2. The number of aromatic nitrogens is 2. The molecule has 1 aromatic heterocycles. The van der Waals surface area contributed by atoms with Crippen LogP contribution in [0.25, 0.3) is 22.0 Å². The molecule has 2 aromatic carbocycles. The van der Waals surface area contributed by atoms with Crippen molar-refractivity contribution in [1.82, 2.24) is 15.1 Å². The van der Waals surface area contributed by atoms with Crippen molar-refractivity contribution < 1.29 is 28.2 Å². The molecule has 1 aliphatic heterocycles. The van der Waals surface area contributed by atoms with E-state index in [1.54, 1.807) is 24.3 Å². The monoisotopic (exact) mass is 432 g/mol. The number of fused-ring (bicyclic) bond motifs is 1. The van der Waals surface area contributed by atoms with E-state index in [-0.39, 0.29) is 17.3 Å². The molecule has 162 valence electrons. The lowest BCUT2D eigenvalue weighted by atomic mass is 10.0. The van der Waals surface area contributed by atoms with Gasteiger partial charge in [0, 0.05) is 35.5 Å². The average Bonchev–Trinajstić information content (AvgIpc) is 2.74. The van der Waals surface area contributed by atoms with Gasteiger partial charge in [0.05, 0.1) is 5.56 Å². The minimum atomic E-state index is -4.57. The maximum atomic E-state index is 12.9. The minimum Gasteiger partial charge on any atom is -0.507 e. The number of nitrogens with one attached hydrogen (secondary N) is 1. The maximum Gasteiger partial charge on any atom is 0.416 e. The van der Waals surface area contributed by atoms with Crippen LogP contribution in [-0.4, -0.2) is 50.5 Å². The van der Waals surface area contributed by atoms with E-state index >= 15 is 0 Å². The summed E-state index contributed by atoms with van der Waals surface area (Å²) in [4.78, 5) is 12.6. The van der Waals surface area contributed by atoms with Crippen molar-refractivity contribution in [1.29, 1.82) is 0 Å². The van der Waals surface area contributed by atoms with Crippen LogP contribution in [0.5, 0.6) is 5.75 Å². The number of likely N-dealkylation sites (tertiary alicyclic amines) is 1. The van der Waals surface area contributed by atoms with Crippen LogP contribution in [-0.2, 0) is 6.18 Å². The Bertz CT molecular complexity index is 1140. The molecule has 31 heavy (non-hydrogen) atoms. The van der Waals surface area contributed by atoms with Crippen LogP contribution in [0.3, 0.4) is 0 Å². The van der Waals surface area contributed by atoms with Gasteiger partial charge in [-0.15, -0.1) is 10.2 Å². The second kappa shape index (κ2) is 7.93. The Morgan fingerprint density at radius 2 is 1.87 bits per heavy atom. The number of halogens is 3. The molecule has 1 amide bonds. The third-order valence-corrected chi connectivity index (χ3v) is 5.30. The smallest absolute Gasteiger partial charge is 0.416 e. The van der Waals surface area contributed by atoms with Gasteiger partial charge in [-0.05, 0) is 31.0 Å². The van der Waals surface area contributed by atoms with E-state index in [2.05, 4.69) is 15.5 Å². The van der Waals surface area contributed by atoms with Crippen LogP contribution in [0.1, 0.15) is 18.4 Å². The number of hydrogen-bond donors (Lipinski definition) is 3. The summed E-state index contributed by atoms with van der Waals surface area (Å²) in [6.45, 7) is 0.791. The van der Waals surface area contributed by atoms with Crippen LogP contribution >= 0.6 is 0 Å². The second-order valence-corrected chi connectivity index (χ2v) is 7.38. The number of benzene rings is 2. The van der Waals surface area contributed by atoms with Gasteiger partial charge in [0.15, 0.2) is 5.82 Å². The fourth-order valence-electron chi connectivity index (χ4n) is 3.78. The highest BCUT2D eigenvalue weighted by Crippen LogP contribution is 2.38. The number of alkyl halides is 3. The standard InChI is InChI=1S/C21H19F3N4O3/c22-21(23,24)12-7-8-16(17(29)10-12)18-14-5-1-2-6-15(14)19(27-26-18)25-13-4-3-9-28(11-13)20(30)31/h1-2,5-8,10,13,29H,3-4,9,11H2,(H,25,27)(H,30,31). The highest BCUT2D eigenvalue weighted by molar-refractivity contribution is 6.00. The molecule has 3 aromatic rings. The van der Waals surface area contributed by atoms with Crippen LogP contribution < -0.4 is 5.32 Å². The first-order valence-corrected chi connectivity index (χ1v) is 9.64. The van der Waals surface area contributed by atoms with Crippen LogP contribution in [0.4, 0.5) is 23.8 Å². The first kappa shape index (κ1) is 20.7. The summed E-state index contributed by atoms with van der Waals surface area (Å²) in [5, 5.41) is 32.3. The molecule has 10 heteroatoms. The lowest BCUT2D eigenvalue weighted by molar-refractivity contribution is -0.137. The zero-order valence-electron chi connectivity index (χ0n) is 16.2. The molecule has 1 unspecified atom stereocenters. The van der Waals surface area contributed by atoms with Gasteiger partial charge in [-0.2, -0.15) is 13.2 Å². The van der Waals surface area contributed by atoms with Crippen LogP contribution in [0.15, 0.2) is 42.5 Å². The third kappa shape index (κ3) is 4.18. The average molecular weight is 432 g/mol. The van der Waals surface area contributed by atoms with E-state index in [0.717, 1.165) is 12.5 Å². The fraction of sp³-hybridized carbons (Fsp3) is 0.286. The van der Waals surface area contributed by atoms with Gasteiger partial charge in [-0.3, -0.25) is 0 Å². The summed E-state index contributed by atoms with van der Waals surface area (Å²) < 4.78 is 38.8. The molecule has 2 heterocycles. The van der Waals surface area contributed by atoms with Gasteiger partial charge in [0.2, 0.25) is 0 Å². The van der Waals surface area contributed by atoms with E-state index in [9.17, 15) is 28.2 Å². The van der Waals surface area contributed by atoms with Gasteiger partial charge >= 0.3 is 12.3 Å². The Morgan fingerprint density at radius 1 is 1.13 bits per heavy atom. The number of carboxylic acid groups (broad SMARTS) is 1. The van der Waals surface area contributed by atoms with Gasteiger partial charge in [0.25, 0.3) is 0 Å². The Morgan fingerprint density at radius 3 is 2.55 bits per heavy atom. The van der Waals surface area contributed by atoms with Crippen molar-refractivity contribution >= 4 is 22.7 Å². The molecule has 3 N–H and O–H groups in total. The van der Waals surface area contributed by atoms with Gasteiger partial charge in [0.1, 0.15) is 11.4 Å². The minimum absolute atomic E-state index is 0.137. The Balaban J connectivity index is 1.70. The summed E-state index contributed by atoms with van der Waals surface area (Å²) in [5.41, 5.74) is -0.564. The van der Waals surface area contributed by atoms with E-state index < -0.39 is 23.6 Å². The van der Waals surface area contributed by atoms with Gasteiger partial charge in [-0.25, -0.2) is 4.79 Å². The van der Waals surface area contributed by atoms with E-state index in [1.165, 1.54) is 11.0 Å². The molecule has 4 rings (SSSR count). The van der Waals surface area contributed by atoms with E-state index in [4.69, 9.17) is 0 Å². The number of piperidine rings is 1. The van der Waals surface area contributed by atoms with Crippen molar-refractivity contribution in [2.75, 3.05) is 18.4 Å². The van der Waals surface area contributed by atoms with Crippen LogP contribution in [0, 0.1) is 0 Å². The predicted octanol–water partition coefficient (Wildman–Crippen LogP) is 4.58. The Kier molecular flexibility index (Phi) is 5.30. The first-order chi connectivity index (χ1) is 14.7. The molecule has 1 fully saturated rings. The molecule has 1 saturated heterocycles. The van der Waals surface area contributed by atoms with E-state index in [0.29, 0.717) is 42.2 Å². The number of anilines is 1. The van der Waals surface area contributed by atoms with Crippen molar-refractivity contribution in [3.05, 3.63) is 48.0 Å². The van der Waals surface area contributed by atoms with Crippen molar-refractivity contribution in [3.8, 4) is 17.0 Å². The summed E-state index contributed by atoms with van der Waals surface area (Å²) in [5.74, 6) is -0.0950. The number of carbonyl (C=O) groups is 1. The normalized spacial score (nSPS) is 17.0. The summed E-state index contributed by atoms with van der Waals surface area (Å²) in [7, 11) is 0. The maximum absolute atomic E-state index is 12.9. The molecule has 1 aliphatic rings. The molecule has 1 atom stereocenters. The Labute approximate surface area is 175 Å². The molecule has 0 spiro atoms. The molecular formula is C21H19F3N4O3. The predicted molar refractivity (Wildman–Crippen MR) is 108 cm³/mol. The number of phenolic OH excluding ortho intramolecular Hbond substituents is 1. The molecule has 7 nitrogen and oxygen atoms in total. The highest BCUT2D eigenvalue weighted by Gasteiger charge is 2.31. The van der Waals surface area contributed by atoms with Crippen LogP contribution in [0.2, 0.25) is 0 Å². The third-order valence-electron chi connectivity index (χ3n) is 5.30.